The van der Waals surface area contributed by atoms with E-state index in [0.29, 0.717) is 17.4 Å². The maximum atomic E-state index is 11.8. The van der Waals surface area contributed by atoms with Crippen LogP contribution in [-0.2, 0) is 11.3 Å². The lowest BCUT2D eigenvalue weighted by Crippen LogP contribution is -2.36. The van der Waals surface area contributed by atoms with Crippen LogP contribution in [0.1, 0.15) is 0 Å². The van der Waals surface area contributed by atoms with Gasteiger partial charge in [0.2, 0.25) is 5.91 Å². The fourth-order valence-corrected chi connectivity index (χ4v) is 1.78. The second-order valence-corrected chi connectivity index (χ2v) is 3.96. The standard InChI is InChI=1S/C13H13N3O3/c1-2-7-14-11(17)8-16-10-6-4-3-5-9(10)12(18)15-13(16)19/h2-6H,1,7-8H2,(H,14,17)(H,15,18,19). The van der Waals surface area contributed by atoms with Crippen LogP contribution in [0.25, 0.3) is 10.9 Å². The minimum Gasteiger partial charge on any atom is -0.351 e. The topological polar surface area (TPSA) is 84.0 Å². The van der Waals surface area contributed by atoms with Crippen LogP contribution in [0, 0.1) is 0 Å². The van der Waals surface area contributed by atoms with Crippen molar-refractivity contribution in [2.45, 2.75) is 6.54 Å². The maximum Gasteiger partial charge on any atom is 0.329 e. The Labute approximate surface area is 108 Å². The fourth-order valence-electron chi connectivity index (χ4n) is 1.78. The summed E-state index contributed by atoms with van der Waals surface area (Å²) in [5.41, 5.74) is -0.620. The van der Waals surface area contributed by atoms with E-state index < -0.39 is 11.2 Å². The van der Waals surface area contributed by atoms with Gasteiger partial charge in [0.15, 0.2) is 0 Å². The lowest BCUT2D eigenvalue weighted by atomic mass is 10.2. The molecule has 0 aliphatic rings. The zero-order valence-electron chi connectivity index (χ0n) is 10.2. The normalized spacial score (nSPS) is 10.3. The highest BCUT2D eigenvalue weighted by Crippen LogP contribution is 2.06. The number of benzene rings is 1. The Balaban J connectivity index is 2.48. The third kappa shape index (κ3) is 2.62. The van der Waals surface area contributed by atoms with Crippen LogP contribution in [-0.4, -0.2) is 22.0 Å². The van der Waals surface area contributed by atoms with E-state index in [9.17, 15) is 14.4 Å². The highest BCUT2D eigenvalue weighted by Gasteiger charge is 2.09. The summed E-state index contributed by atoms with van der Waals surface area (Å²) < 4.78 is 1.23. The van der Waals surface area contributed by atoms with Crippen LogP contribution >= 0.6 is 0 Å². The molecule has 0 radical (unpaired) electrons. The molecule has 0 fully saturated rings. The Morgan fingerprint density at radius 1 is 1.37 bits per heavy atom. The molecular formula is C13H13N3O3. The highest BCUT2D eigenvalue weighted by atomic mass is 16.2. The van der Waals surface area contributed by atoms with E-state index in [4.69, 9.17) is 0 Å². The largest absolute Gasteiger partial charge is 0.351 e. The van der Waals surface area contributed by atoms with Gasteiger partial charge in [-0.2, -0.15) is 0 Å². The smallest absolute Gasteiger partial charge is 0.329 e. The SMILES string of the molecule is C=CCNC(=O)Cn1c(=O)[nH]c(=O)c2ccccc21. The van der Waals surface area contributed by atoms with Gasteiger partial charge >= 0.3 is 5.69 Å². The number of carbonyl (C=O) groups is 1. The maximum absolute atomic E-state index is 11.8. The molecule has 2 aromatic rings. The van der Waals surface area contributed by atoms with Gasteiger partial charge in [-0.3, -0.25) is 19.1 Å². The number of aromatic nitrogens is 2. The van der Waals surface area contributed by atoms with Crippen LogP contribution in [0.4, 0.5) is 0 Å². The molecule has 6 heteroatoms. The molecule has 0 aliphatic carbocycles. The number of carbonyl (C=O) groups excluding carboxylic acids is 1. The summed E-state index contributed by atoms with van der Waals surface area (Å²) in [5.74, 6) is -0.320. The summed E-state index contributed by atoms with van der Waals surface area (Å²) in [6, 6.07) is 6.64. The number of hydrogen-bond donors (Lipinski definition) is 2. The molecule has 1 amide bonds. The van der Waals surface area contributed by atoms with E-state index in [1.807, 2.05) is 0 Å². The molecule has 1 aromatic heterocycles. The summed E-state index contributed by atoms with van der Waals surface area (Å²) in [5, 5.41) is 2.95. The van der Waals surface area contributed by atoms with Gasteiger partial charge in [0.25, 0.3) is 5.56 Å². The van der Waals surface area contributed by atoms with Gasteiger partial charge in [0.1, 0.15) is 6.54 Å². The second kappa shape index (κ2) is 5.34. The molecule has 19 heavy (non-hydrogen) atoms. The van der Waals surface area contributed by atoms with E-state index in [1.165, 1.54) is 4.57 Å². The van der Waals surface area contributed by atoms with Gasteiger partial charge in [0.05, 0.1) is 10.9 Å². The van der Waals surface area contributed by atoms with Crippen molar-refractivity contribution in [3.8, 4) is 0 Å². The third-order valence-electron chi connectivity index (χ3n) is 2.65. The zero-order valence-corrected chi connectivity index (χ0v) is 10.2. The number of fused-ring (bicyclic) bond motifs is 1. The van der Waals surface area contributed by atoms with Crippen LogP contribution < -0.4 is 16.6 Å². The van der Waals surface area contributed by atoms with E-state index in [1.54, 1.807) is 30.3 Å². The van der Waals surface area contributed by atoms with Gasteiger partial charge in [-0.25, -0.2) is 4.79 Å². The summed E-state index contributed by atoms with van der Waals surface area (Å²) in [6.07, 6.45) is 1.55. The monoisotopic (exact) mass is 259 g/mol. The van der Waals surface area contributed by atoms with Crippen LogP contribution in [0.2, 0.25) is 0 Å². The number of rotatable bonds is 4. The molecule has 0 unspecified atom stereocenters. The predicted molar refractivity (Wildman–Crippen MR) is 72.0 cm³/mol. The molecule has 0 saturated heterocycles. The number of nitrogens with zero attached hydrogens (tertiary/aromatic N) is 1. The third-order valence-corrected chi connectivity index (χ3v) is 2.65. The van der Waals surface area contributed by atoms with Crippen molar-refractivity contribution in [2.75, 3.05) is 6.54 Å². The van der Waals surface area contributed by atoms with Crippen molar-refractivity contribution in [3.63, 3.8) is 0 Å². The molecule has 0 bridgehead atoms. The molecule has 6 nitrogen and oxygen atoms in total. The van der Waals surface area contributed by atoms with Crippen molar-refractivity contribution in [1.82, 2.24) is 14.9 Å². The average molecular weight is 259 g/mol. The molecule has 1 heterocycles. The first-order valence-corrected chi connectivity index (χ1v) is 5.73. The second-order valence-electron chi connectivity index (χ2n) is 3.96. The Hall–Kier alpha value is -2.63. The van der Waals surface area contributed by atoms with E-state index in [0.717, 1.165) is 0 Å². The Bertz CT molecular complexity index is 743. The molecular weight excluding hydrogens is 246 g/mol. The molecule has 2 N–H and O–H groups in total. The number of H-pyrrole nitrogens is 1. The lowest BCUT2D eigenvalue weighted by Gasteiger charge is -2.08. The zero-order chi connectivity index (χ0) is 13.8. The molecule has 0 aliphatic heterocycles. The van der Waals surface area contributed by atoms with E-state index >= 15 is 0 Å². The van der Waals surface area contributed by atoms with E-state index in [2.05, 4.69) is 16.9 Å². The molecule has 0 spiro atoms. The van der Waals surface area contributed by atoms with Gasteiger partial charge < -0.3 is 5.32 Å². The Morgan fingerprint density at radius 2 is 2.11 bits per heavy atom. The summed E-state index contributed by atoms with van der Waals surface area (Å²) in [6.45, 7) is 3.67. The van der Waals surface area contributed by atoms with Crippen LogP contribution in [0.15, 0.2) is 46.5 Å². The first-order valence-electron chi connectivity index (χ1n) is 5.73. The molecule has 98 valence electrons. The fraction of sp³-hybridized carbons (Fsp3) is 0.154. The van der Waals surface area contributed by atoms with Crippen molar-refractivity contribution in [1.29, 1.82) is 0 Å². The van der Waals surface area contributed by atoms with Gasteiger partial charge in [-0.05, 0) is 12.1 Å². The molecule has 1 aromatic carbocycles. The average Bonchev–Trinajstić information content (AvgIpc) is 2.41. The van der Waals surface area contributed by atoms with Crippen molar-refractivity contribution in [2.24, 2.45) is 0 Å². The predicted octanol–water partition coefficient (Wildman–Crippen LogP) is -0.00800. The number of para-hydroxylation sites is 1. The molecule has 0 saturated carbocycles. The van der Waals surface area contributed by atoms with Crippen LogP contribution in [0.5, 0.6) is 0 Å². The first-order chi connectivity index (χ1) is 9.13. The van der Waals surface area contributed by atoms with Crippen molar-refractivity contribution < 1.29 is 4.79 Å². The van der Waals surface area contributed by atoms with Crippen LogP contribution in [0.3, 0.4) is 0 Å². The number of amides is 1. The van der Waals surface area contributed by atoms with Crippen molar-refractivity contribution in [3.05, 3.63) is 57.8 Å². The molecule has 0 atom stereocenters. The number of nitrogens with one attached hydrogen (secondary N) is 2. The first kappa shape index (κ1) is 12.8. The Morgan fingerprint density at radius 3 is 2.84 bits per heavy atom. The van der Waals surface area contributed by atoms with E-state index in [-0.39, 0.29) is 12.5 Å². The summed E-state index contributed by atoms with van der Waals surface area (Å²) >= 11 is 0. The molecule has 2 rings (SSSR count). The van der Waals surface area contributed by atoms with Crippen molar-refractivity contribution >= 4 is 16.8 Å². The van der Waals surface area contributed by atoms with Gasteiger partial charge in [-0.1, -0.05) is 18.2 Å². The van der Waals surface area contributed by atoms with Gasteiger partial charge in [0, 0.05) is 6.54 Å². The summed E-state index contributed by atoms with van der Waals surface area (Å²) in [7, 11) is 0. The highest BCUT2D eigenvalue weighted by molar-refractivity contribution is 5.81. The number of hydrogen-bond acceptors (Lipinski definition) is 3. The van der Waals surface area contributed by atoms with Gasteiger partial charge in [-0.15, -0.1) is 6.58 Å². The Kier molecular flexibility index (Phi) is 3.61. The number of aromatic amines is 1. The lowest BCUT2D eigenvalue weighted by molar-refractivity contribution is -0.121. The minimum atomic E-state index is -0.600. The summed E-state index contributed by atoms with van der Waals surface area (Å²) in [4.78, 5) is 37.2. The minimum absolute atomic E-state index is 0.149. The quantitative estimate of drug-likeness (QED) is 0.757.